The minimum Gasteiger partial charge on any atom is -0.506 e. The van der Waals surface area contributed by atoms with Gasteiger partial charge >= 0.3 is 11.9 Å². The number of aryl methyl sites for hydroxylation is 1. The first-order valence-electron chi connectivity index (χ1n) is 25.8. The van der Waals surface area contributed by atoms with E-state index < -0.39 is 17.8 Å². The molecule has 11 rings (SSSR count). The van der Waals surface area contributed by atoms with Crippen molar-refractivity contribution >= 4 is 142 Å². The van der Waals surface area contributed by atoms with E-state index in [1.54, 1.807) is 66.7 Å². The molecule has 0 fully saturated rings. The minimum absolute atomic E-state index is 0.0301. The Morgan fingerprint density at radius 3 is 1.16 bits per heavy atom. The smallest absolute Gasteiger partial charge is 0.343 e. The van der Waals surface area contributed by atoms with Crippen molar-refractivity contribution in [1.82, 2.24) is 0 Å². The van der Waals surface area contributed by atoms with Gasteiger partial charge in [-0.25, -0.2) is 9.59 Å². The van der Waals surface area contributed by atoms with Crippen molar-refractivity contribution in [2.24, 2.45) is 0 Å². The lowest BCUT2D eigenvalue weighted by Gasteiger charge is -2.15. The SMILES string of the molecule is COc1cc2ccccc2cc1C(=O)Nc1ccc(Cl)cc1O.COc1cc2ccccc2cc1C(=O)Nc1ccc(Cl)cc1OC(=O)c1cc2ccccc2cc1C.COc1cc2ccccc2cc1C(=O)O.ClCCl.Nc1ccc(Cl)cc1O. The van der Waals surface area contributed by atoms with Gasteiger partial charge < -0.3 is 50.6 Å². The Morgan fingerprint density at radius 2 is 0.767 bits per heavy atom. The summed E-state index contributed by atoms with van der Waals surface area (Å²) in [5, 5.41) is 42.3. The summed E-state index contributed by atoms with van der Waals surface area (Å²) in [4.78, 5) is 49.9. The van der Waals surface area contributed by atoms with Gasteiger partial charge in [-0.05, 0) is 134 Å². The fraction of sp³-hybridized carbons (Fsp3) is 0.0746. The number of halogens is 5. The van der Waals surface area contributed by atoms with Crippen LogP contribution in [-0.2, 0) is 0 Å². The van der Waals surface area contributed by atoms with Crippen molar-refractivity contribution in [2.75, 3.05) is 43.0 Å². The van der Waals surface area contributed by atoms with Gasteiger partial charge in [0.25, 0.3) is 11.8 Å². The number of fused-ring (bicyclic) bond motifs is 4. The van der Waals surface area contributed by atoms with E-state index in [4.69, 9.17) is 92.9 Å². The van der Waals surface area contributed by atoms with Gasteiger partial charge in [-0.1, -0.05) is 138 Å². The van der Waals surface area contributed by atoms with Crippen LogP contribution in [0.15, 0.2) is 200 Å². The van der Waals surface area contributed by atoms with Crippen LogP contribution in [0, 0.1) is 6.92 Å². The number of phenolic OH excluding ortho intramolecular Hbond substituents is 2. The van der Waals surface area contributed by atoms with Gasteiger partial charge in [0.15, 0.2) is 5.75 Å². The number of carboxylic acid groups (broad SMARTS) is 1. The number of carboxylic acids is 1. The lowest BCUT2D eigenvalue weighted by molar-refractivity contribution is 0.0691. The van der Waals surface area contributed by atoms with Crippen LogP contribution in [0.25, 0.3) is 43.1 Å². The first-order chi connectivity index (χ1) is 41.3. The number of ether oxygens (including phenoxy) is 4. The first-order valence-corrected chi connectivity index (χ1v) is 28.0. The highest BCUT2D eigenvalue weighted by atomic mass is 35.5. The summed E-state index contributed by atoms with van der Waals surface area (Å²) >= 11 is 27.0. The van der Waals surface area contributed by atoms with Gasteiger partial charge in [0, 0.05) is 33.3 Å². The van der Waals surface area contributed by atoms with Crippen molar-refractivity contribution in [1.29, 1.82) is 0 Å². The fourth-order valence-corrected chi connectivity index (χ4v) is 9.10. The number of benzene rings is 11. The van der Waals surface area contributed by atoms with E-state index >= 15 is 0 Å². The van der Waals surface area contributed by atoms with Gasteiger partial charge in [0.2, 0.25) is 0 Å². The summed E-state index contributed by atoms with van der Waals surface area (Å²) in [5.41, 5.74) is 8.38. The van der Waals surface area contributed by atoms with E-state index in [1.807, 2.05) is 122 Å². The summed E-state index contributed by atoms with van der Waals surface area (Å²) in [6.45, 7) is 1.86. The maximum Gasteiger partial charge on any atom is 0.343 e. The number of amides is 2. The molecule has 2 amide bonds. The van der Waals surface area contributed by atoms with Crippen molar-refractivity contribution in [3.63, 3.8) is 0 Å². The van der Waals surface area contributed by atoms with Crippen LogP contribution in [0.1, 0.15) is 47.0 Å². The van der Waals surface area contributed by atoms with Crippen molar-refractivity contribution in [2.45, 2.75) is 6.92 Å². The van der Waals surface area contributed by atoms with Crippen LogP contribution in [0.5, 0.6) is 34.5 Å². The summed E-state index contributed by atoms with van der Waals surface area (Å²) in [6.07, 6.45) is 0. The highest BCUT2D eigenvalue weighted by Gasteiger charge is 2.21. The molecule has 0 radical (unpaired) electrons. The highest BCUT2D eigenvalue weighted by Crippen LogP contribution is 2.34. The first kappa shape index (κ1) is 64.2. The van der Waals surface area contributed by atoms with Gasteiger partial charge in [-0.3, -0.25) is 9.59 Å². The van der Waals surface area contributed by atoms with E-state index in [0.717, 1.165) is 48.7 Å². The largest absolute Gasteiger partial charge is 0.506 e. The van der Waals surface area contributed by atoms with Crippen LogP contribution in [-0.4, -0.2) is 65.7 Å². The number of carbonyl (C=O) groups excluding carboxylic acids is 3. The number of alkyl halides is 2. The molecule has 14 nitrogen and oxygen atoms in total. The van der Waals surface area contributed by atoms with Crippen LogP contribution >= 0.6 is 58.0 Å². The maximum atomic E-state index is 13.3. The molecule has 19 heteroatoms. The predicted molar refractivity (Wildman–Crippen MR) is 347 cm³/mol. The number of hydrogen-bond donors (Lipinski definition) is 6. The molecule has 0 aliphatic rings. The zero-order valence-corrected chi connectivity index (χ0v) is 50.1. The summed E-state index contributed by atoms with van der Waals surface area (Å²) < 4.78 is 21.6. The third-order valence-electron chi connectivity index (χ3n) is 12.8. The Morgan fingerprint density at radius 1 is 0.430 bits per heavy atom. The molecule has 0 aromatic heterocycles. The lowest BCUT2D eigenvalue weighted by atomic mass is 10.0. The normalized spacial score (nSPS) is 10.3. The second kappa shape index (κ2) is 30.4. The zero-order valence-electron chi connectivity index (χ0n) is 46.3. The van der Waals surface area contributed by atoms with E-state index in [9.17, 15) is 24.3 Å². The second-order valence-corrected chi connectivity index (χ2v) is 20.5. The summed E-state index contributed by atoms with van der Waals surface area (Å²) in [6, 6.07) is 58.8. The number of aromatic hydroxyl groups is 2. The molecule has 11 aromatic carbocycles. The van der Waals surface area contributed by atoms with E-state index in [2.05, 4.69) is 10.6 Å². The molecule has 438 valence electrons. The van der Waals surface area contributed by atoms with Gasteiger partial charge in [-0.2, -0.15) is 0 Å². The fourth-order valence-electron chi connectivity index (χ4n) is 8.61. The average Bonchev–Trinajstić information content (AvgIpc) is 2.25. The Bertz CT molecular complexity index is 4280. The number of methoxy groups -OCH3 is 3. The molecule has 0 saturated carbocycles. The quantitative estimate of drug-likeness (QED) is 0.0248. The third-order valence-corrected chi connectivity index (χ3v) is 13.5. The number of hydrogen-bond acceptors (Lipinski definition) is 11. The van der Waals surface area contributed by atoms with E-state index in [-0.39, 0.29) is 39.7 Å². The summed E-state index contributed by atoms with van der Waals surface area (Å²) in [5.74, 6) is -0.913. The monoisotopic (exact) mass is 1250 g/mol. The van der Waals surface area contributed by atoms with Crippen molar-refractivity contribution in [3.05, 3.63) is 243 Å². The number of carbonyl (C=O) groups is 4. The van der Waals surface area contributed by atoms with Crippen molar-refractivity contribution < 1.29 is 53.4 Å². The standard InChI is InChI=1S/C30H22ClNO4.C18H14ClNO3.C12H10O3.C6H6ClNO.CH2Cl2/c1-18-13-19-7-3-4-8-20(19)14-24(18)30(34)36-28-17-23(31)11-12-26(28)32-29(33)25-15-21-9-5-6-10-22(21)16-27(25)35-2;1-23-17-9-12-5-3-2-4-11(12)8-14(17)18(22)20-15-7-6-13(19)10-16(15)21;1-15-11-7-9-5-3-2-4-8(9)6-10(11)12(13)14;7-4-1-2-5(8)6(9)3-4;2-1-3/h3-17H,1-2H3,(H,32,33);2-10,21H,1H3,(H,20,22);2-7H,1H3,(H,13,14);1-3,9H,8H2;1H2. The number of nitrogens with one attached hydrogen (secondary N) is 2. The molecule has 0 aliphatic carbocycles. The summed E-state index contributed by atoms with van der Waals surface area (Å²) in [7, 11) is 4.50. The number of anilines is 3. The number of phenols is 2. The Kier molecular flexibility index (Phi) is 22.7. The number of nitrogens with two attached hydrogens (primary N) is 1. The van der Waals surface area contributed by atoms with Crippen molar-refractivity contribution in [3.8, 4) is 34.5 Å². The molecule has 0 spiro atoms. The van der Waals surface area contributed by atoms with Gasteiger partial charge in [0.05, 0.1) is 60.4 Å². The molecule has 86 heavy (non-hydrogen) atoms. The van der Waals surface area contributed by atoms with Crippen LogP contribution in [0.3, 0.4) is 0 Å². The third kappa shape index (κ3) is 16.7. The topological polar surface area (TPSA) is 216 Å². The van der Waals surface area contributed by atoms with Crippen LogP contribution in [0.4, 0.5) is 17.1 Å². The molecule has 0 heterocycles. The highest BCUT2D eigenvalue weighted by molar-refractivity contribution is 6.40. The molecular formula is C67H54Cl5N3O11. The number of esters is 1. The minimum atomic E-state index is -0.974. The number of rotatable bonds is 10. The molecule has 0 atom stereocenters. The van der Waals surface area contributed by atoms with Gasteiger partial charge in [-0.15, -0.1) is 23.2 Å². The molecule has 0 unspecified atom stereocenters. The molecule has 7 N–H and O–H groups in total. The number of aromatic carboxylic acids is 1. The zero-order chi connectivity index (χ0) is 62.0. The predicted octanol–water partition coefficient (Wildman–Crippen LogP) is 17.5. The molecular weight excluding hydrogens is 1200 g/mol. The average molecular weight is 1250 g/mol. The second-order valence-electron chi connectivity index (χ2n) is 18.4. The Labute approximate surface area is 519 Å². The Balaban J connectivity index is 0.000000180. The number of nitrogen functional groups attached to an aromatic ring is 1. The van der Waals surface area contributed by atoms with E-state index in [1.165, 1.54) is 39.5 Å². The maximum absolute atomic E-state index is 13.3. The Hall–Kier alpha value is -9.41. The molecule has 0 bridgehead atoms. The lowest BCUT2D eigenvalue weighted by Crippen LogP contribution is -2.16. The van der Waals surface area contributed by atoms with E-state index in [0.29, 0.717) is 60.4 Å². The van der Waals surface area contributed by atoms with Crippen LogP contribution < -0.4 is 35.3 Å². The van der Waals surface area contributed by atoms with Crippen LogP contribution in [0.2, 0.25) is 15.1 Å². The molecule has 0 saturated heterocycles. The molecule has 0 aliphatic heterocycles. The molecule has 11 aromatic rings. The van der Waals surface area contributed by atoms with Gasteiger partial charge in [0.1, 0.15) is 34.3 Å².